The molecule has 1 aromatic heterocycles. The van der Waals surface area contributed by atoms with E-state index in [4.69, 9.17) is 5.73 Å². The molecule has 0 amide bonds. The van der Waals surface area contributed by atoms with Crippen LogP contribution < -0.4 is 11.1 Å². The minimum absolute atomic E-state index is 0.165. The minimum Gasteiger partial charge on any atom is -0.397 e. The maximum atomic E-state index is 5.67. The van der Waals surface area contributed by atoms with Gasteiger partial charge in [0.1, 0.15) is 5.82 Å². The molecule has 0 bridgehead atoms. The zero-order valence-electron chi connectivity index (χ0n) is 11.4. The maximum absolute atomic E-state index is 5.67. The molecule has 0 aliphatic heterocycles. The van der Waals surface area contributed by atoms with Gasteiger partial charge in [0.05, 0.1) is 16.4 Å². The fraction of sp³-hybridized carbons (Fsp3) is 0.267. The van der Waals surface area contributed by atoms with Crippen molar-refractivity contribution < 1.29 is 0 Å². The minimum atomic E-state index is 0.165. The summed E-state index contributed by atoms with van der Waals surface area (Å²) in [5.74, 6) is 0.762. The van der Waals surface area contributed by atoms with Gasteiger partial charge in [-0.05, 0) is 45.1 Å². The van der Waals surface area contributed by atoms with E-state index >= 15 is 0 Å². The van der Waals surface area contributed by atoms with E-state index < -0.39 is 0 Å². The second-order valence-electron chi connectivity index (χ2n) is 5.55. The van der Waals surface area contributed by atoms with Gasteiger partial charge in [0.2, 0.25) is 0 Å². The van der Waals surface area contributed by atoms with E-state index in [1.54, 1.807) is 6.20 Å². The standard InChI is InChI=1S/C15H18BrN3/c1-15(2,3)10-4-6-12(7-5-10)19-14-13(16)8-11(17)9-18-14/h4-9H,17H2,1-3H3,(H,18,19). The summed E-state index contributed by atoms with van der Waals surface area (Å²) < 4.78 is 0.854. The molecule has 4 heteroatoms. The fourth-order valence-corrected chi connectivity index (χ4v) is 2.20. The Kier molecular flexibility index (Phi) is 3.80. The third kappa shape index (κ3) is 3.47. The predicted octanol–water partition coefficient (Wildman–Crippen LogP) is 4.47. The van der Waals surface area contributed by atoms with Crippen molar-refractivity contribution in [3.05, 3.63) is 46.6 Å². The van der Waals surface area contributed by atoms with E-state index in [1.807, 2.05) is 6.07 Å². The topological polar surface area (TPSA) is 50.9 Å². The van der Waals surface area contributed by atoms with Crippen LogP contribution in [0.15, 0.2) is 41.0 Å². The summed E-state index contributed by atoms with van der Waals surface area (Å²) in [5, 5.41) is 3.26. The quantitative estimate of drug-likeness (QED) is 0.858. The molecule has 0 unspecified atom stereocenters. The van der Waals surface area contributed by atoms with Crippen LogP contribution in [0.3, 0.4) is 0 Å². The molecule has 2 rings (SSSR count). The second kappa shape index (κ2) is 5.21. The van der Waals surface area contributed by atoms with Crippen molar-refractivity contribution in [3.8, 4) is 0 Å². The van der Waals surface area contributed by atoms with Crippen LogP contribution in [0, 0.1) is 0 Å². The molecule has 0 aliphatic carbocycles. The molecule has 1 aromatic carbocycles. The van der Waals surface area contributed by atoms with E-state index in [-0.39, 0.29) is 5.41 Å². The summed E-state index contributed by atoms with van der Waals surface area (Å²) in [4.78, 5) is 4.26. The zero-order chi connectivity index (χ0) is 14.0. The lowest BCUT2D eigenvalue weighted by atomic mass is 9.87. The summed E-state index contributed by atoms with van der Waals surface area (Å²) >= 11 is 3.45. The summed E-state index contributed by atoms with van der Waals surface area (Å²) in [6.07, 6.45) is 1.64. The number of aromatic nitrogens is 1. The lowest BCUT2D eigenvalue weighted by Crippen LogP contribution is -2.10. The number of anilines is 3. The number of pyridine rings is 1. The molecule has 0 saturated heterocycles. The number of nitrogen functional groups attached to an aromatic ring is 1. The number of halogens is 1. The Morgan fingerprint density at radius 1 is 1.16 bits per heavy atom. The fourth-order valence-electron chi connectivity index (χ4n) is 1.73. The summed E-state index contributed by atoms with van der Waals surface area (Å²) in [6.45, 7) is 6.61. The highest BCUT2D eigenvalue weighted by Gasteiger charge is 2.13. The number of rotatable bonds is 2. The molecule has 0 atom stereocenters. The molecule has 0 aliphatic rings. The van der Waals surface area contributed by atoms with Crippen LogP contribution in [-0.4, -0.2) is 4.98 Å². The van der Waals surface area contributed by atoms with Gasteiger partial charge in [0.15, 0.2) is 0 Å². The molecule has 1 heterocycles. The Morgan fingerprint density at radius 2 is 1.79 bits per heavy atom. The van der Waals surface area contributed by atoms with Gasteiger partial charge in [-0.15, -0.1) is 0 Å². The maximum Gasteiger partial charge on any atom is 0.144 e. The van der Waals surface area contributed by atoms with E-state index in [2.05, 4.69) is 71.3 Å². The number of benzene rings is 1. The molecular weight excluding hydrogens is 302 g/mol. The van der Waals surface area contributed by atoms with Crippen LogP contribution in [0.1, 0.15) is 26.3 Å². The predicted molar refractivity (Wildman–Crippen MR) is 84.8 cm³/mol. The van der Waals surface area contributed by atoms with Gasteiger partial charge in [0, 0.05) is 5.69 Å². The Labute approximate surface area is 122 Å². The van der Waals surface area contributed by atoms with E-state index in [0.29, 0.717) is 5.69 Å². The lowest BCUT2D eigenvalue weighted by molar-refractivity contribution is 0.590. The number of hydrogen-bond acceptors (Lipinski definition) is 3. The van der Waals surface area contributed by atoms with E-state index in [0.717, 1.165) is 16.0 Å². The highest BCUT2D eigenvalue weighted by molar-refractivity contribution is 9.10. The molecule has 0 spiro atoms. The number of nitrogens with one attached hydrogen (secondary N) is 1. The molecule has 3 N–H and O–H groups in total. The van der Waals surface area contributed by atoms with Crippen molar-refractivity contribution in [2.45, 2.75) is 26.2 Å². The van der Waals surface area contributed by atoms with Gasteiger partial charge < -0.3 is 11.1 Å². The first-order valence-electron chi connectivity index (χ1n) is 6.15. The Morgan fingerprint density at radius 3 is 2.32 bits per heavy atom. The molecule has 2 aromatic rings. The van der Waals surface area contributed by atoms with Gasteiger partial charge in [-0.1, -0.05) is 32.9 Å². The van der Waals surface area contributed by atoms with Gasteiger partial charge in [-0.2, -0.15) is 0 Å². The summed E-state index contributed by atoms with van der Waals surface area (Å²) in [7, 11) is 0. The third-order valence-corrected chi connectivity index (χ3v) is 3.48. The molecule has 100 valence electrons. The average Bonchev–Trinajstić information content (AvgIpc) is 2.32. The molecule has 0 saturated carbocycles. The van der Waals surface area contributed by atoms with E-state index in [1.165, 1.54) is 5.56 Å². The molecular formula is C15H18BrN3. The molecule has 0 radical (unpaired) electrons. The van der Waals surface area contributed by atoms with Crippen LogP contribution in [0.25, 0.3) is 0 Å². The van der Waals surface area contributed by atoms with Crippen LogP contribution >= 0.6 is 15.9 Å². The largest absolute Gasteiger partial charge is 0.397 e. The van der Waals surface area contributed by atoms with Crippen molar-refractivity contribution in [2.75, 3.05) is 11.1 Å². The van der Waals surface area contributed by atoms with Crippen molar-refractivity contribution in [1.29, 1.82) is 0 Å². The third-order valence-electron chi connectivity index (χ3n) is 2.88. The summed E-state index contributed by atoms with van der Waals surface area (Å²) in [6, 6.07) is 10.2. The number of hydrogen-bond donors (Lipinski definition) is 2. The first kappa shape index (κ1) is 13.9. The summed E-state index contributed by atoms with van der Waals surface area (Å²) in [5.41, 5.74) is 8.79. The Hall–Kier alpha value is -1.55. The van der Waals surface area contributed by atoms with Crippen LogP contribution in [0.5, 0.6) is 0 Å². The first-order valence-corrected chi connectivity index (χ1v) is 6.94. The van der Waals surface area contributed by atoms with Crippen LogP contribution in [0.4, 0.5) is 17.2 Å². The van der Waals surface area contributed by atoms with Crippen molar-refractivity contribution in [3.63, 3.8) is 0 Å². The molecule has 3 nitrogen and oxygen atoms in total. The lowest BCUT2D eigenvalue weighted by Gasteiger charge is -2.19. The zero-order valence-corrected chi connectivity index (χ0v) is 13.0. The van der Waals surface area contributed by atoms with Gasteiger partial charge in [0.25, 0.3) is 0 Å². The van der Waals surface area contributed by atoms with Crippen molar-refractivity contribution in [1.82, 2.24) is 4.98 Å². The van der Waals surface area contributed by atoms with E-state index in [9.17, 15) is 0 Å². The Balaban J connectivity index is 2.20. The first-order chi connectivity index (χ1) is 8.86. The highest BCUT2D eigenvalue weighted by atomic mass is 79.9. The SMILES string of the molecule is CC(C)(C)c1ccc(Nc2ncc(N)cc2Br)cc1. The molecule has 19 heavy (non-hydrogen) atoms. The van der Waals surface area contributed by atoms with Gasteiger partial charge in [-0.25, -0.2) is 4.98 Å². The monoisotopic (exact) mass is 319 g/mol. The average molecular weight is 320 g/mol. The number of nitrogens with zero attached hydrogens (tertiary/aromatic N) is 1. The second-order valence-corrected chi connectivity index (χ2v) is 6.41. The van der Waals surface area contributed by atoms with Crippen molar-refractivity contribution >= 4 is 33.1 Å². The normalized spacial score (nSPS) is 11.4. The Bertz CT molecular complexity index is 571. The smallest absolute Gasteiger partial charge is 0.144 e. The highest BCUT2D eigenvalue weighted by Crippen LogP contribution is 2.27. The van der Waals surface area contributed by atoms with Crippen LogP contribution in [-0.2, 0) is 5.41 Å². The van der Waals surface area contributed by atoms with Gasteiger partial charge in [-0.3, -0.25) is 0 Å². The van der Waals surface area contributed by atoms with Crippen molar-refractivity contribution in [2.24, 2.45) is 0 Å². The van der Waals surface area contributed by atoms with Crippen LogP contribution in [0.2, 0.25) is 0 Å². The number of nitrogens with two attached hydrogens (primary N) is 1. The molecule has 0 fully saturated rings. The van der Waals surface area contributed by atoms with Gasteiger partial charge >= 0.3 is 0 Å².